The van der Waals surface area contributed by atoms with Crippen molar-refractivity contribution in [3.05, 3.63) is 41.1 Å². The van der Waals surface area contributed by atoms with Gasteiger partial charge < -0.3 is 19.7 Å². The summed E-state index contributed by atoms with van der Waals surface area (Å²) >= 11 is 0. The average Bonchev–Trinajstić information content (AvgIpc) is 2.52. The molecule has 0 bridgehead atoms. The number of allylic oxidation sites excluding steroid dienone is 1. The largest absolute Gasteiger partial charge is 0.466 e. The number of hydrogen-bond acceptors (Lipinski definition) is 5. The molecule has 0 aliphatic carbocycles. The van der Waals surface area contributed by atoms with Crippen LogP contribution >= 0.6 is 0 Å². The van der Waals surface area contributed by atoms with Crippen LogP contribution in [-0.2, 0) is 14.3 Å². The number of hydrogen-bond donors (Lipinski definition) is 1. The second kappa shape index (κ2) is 6.51. The fraction of sp³-hybridized carbons (Fsp3) is 0.312. The van der Waals surface area contributed by atoms with Crippen LogP contribution in [0.3, 0.4) is 0 Å². The topological polar surface area (TPSA) is 84.9 Å². The number of amides is 2. The molecule has 1 aliphatic heterocycles. The standard InChI is InChI=1S/C16H18N2O5/c1-9-13(15(20)22-4)14(17-16(21)18(9)3)11-5-7-12(8-6-11)23-10(2)19/h5-8,14H,1-4H3,(H,17,21). The minimum atomic E-state index is -0.627. The third-order valence-electron chi connectivity index (χ3n) is 3.63. The molecule has 1 aromatic rings. The molecule has 0 saturated heterocycles. The van der Waals surface area contributed by atoms with Gasteiger partial charge in [0.15, 0.2) is 0 Å². The normalized spacial score (nSPS) is 17.7. The lowest BCUT2D eigenvalue weighted by Gasteiger charge is -2.33. The average molecular weight is 318 g/mol. The Balaban J connectivity index is 2.41. The maximum Gasteiger partial charge on any atom is 0.337 e. The second-order valence-electron chi connectivity index (χ2n) is 5.09. The van der Waals surface area contributed by atoms with Crippen molar-refractivity contribution in [2.75, 3.05) is 14.2 Å². The molecule has 1 heterocycles. The van der Waals surface area contributed by atoms with Gasteiger partial charge in [0.05, 0.1) is 18.7 Å². The van der Waals surface area contributed by atoms with E-state index in [1.54, 1.807) is 38.2 Å². The molecule has 7 heteroatoms. The Hall–Kier alpha value is -2.83. The molecule has 2 amide bonds. The lowest BCUT2D eigenvalue weighted by Crippen LogP contribution is -2.46. The van der Waals surface area contributed by atoms with Crippen molar-refractivity contribution in [1.82, 2.24) is 10.2 Å². The maximum absolute atomic E-state index is 12.1. The Morgan fingerprint density at radius 3 is 2.35 bits per heavy atom. The van der Waals surface area contributed by atoms with E-state index in [1.165, 1.54) is 18.9 Å². The molecular weight excluding hydrogens is 300 g/mol. The van der Waals surface area contributed by atoms with Crippen LogP contribution in [0.1, 0.15) is 25.5 Å². The van der Waals surface area contributed by atoms with Gasteiger partial charge >= 0.3 is 18.0 Å². The van der Waals surface area contributed by atoms with E-state index < -0.39 is 18.0 Å². The van der Waals surface area contributed by atoms with E-state index in [0.29, 0.717) is 22.6 Å². The van der Waals surface area contributed by atoms with Gasteiger partial charge in [0.1, 0.15) is 5.75 Å². The Morgan fingerprint density at radius 2 is 1.83 bits per heavy atom. The molecule has 2 rings (SSSR count). The van der Waals surface area contributed by atoms with Crippen LogP contribution in [0.25, 0.3) is 0 Å². The zero-order chi connectivity index (χ0) is 17.1. The highest BCUT2D eigenvalue weighted by atomic mass is 16.5. The predicted octanol–water partition coefficient (Wildman–Crippen LogP) is 1.75. The van der Waals surface area contributed by atoms with Gasteiger partial charge in [0.25, 0.3) is 0 Å². The Bertz CT molecular complexity index is 678. The van der Waals surface area contributed by atoms with Gasteiger partial charge in [0.2, 0.25) is 0 Å². The zero-order valence-electron chi connectivity index (χ0n) is 13.4. The number of esters is 2. The van der Waals surface area contributed by atoms with Crippen molar-refractivity contribution in [3.63, 3.8) is 0 Å². The number of rotatable bonds is 3. The van der Waals surface area contributed by atoms with Crippen molar-refractivity contribution in [2.24, 2.45) is 0 Å². The molecule has 0 saturated carbocycles. The van der Waals surface area contributed by atoms with E-state index in [2.05, 4.69) is 5.32 Å². The Labute approximate surface area is 133 Å². The van der Waals surface area contributed by atoms with Gasteiger partial charge in [-0.05, 0) is 24.6 Å². The summed E-state index contributed by atoms with van der Waals surface area (Å²) in [7, 11) is 2.87. The van der Waals surface area contributed by atoms with Crippen LogP contribution in [0.5, 0.6) is 5.75 Å². The molecule has 0 spiro atoms. The fourth-order valence-electron chi connectivity index (χ4n) is 2.35. The van der Waals surface area contributed by atoms with Crippen LogP contribution < -0.4 is 10.1 Å². The molecule has 0 aromatic heterocycles. The molecular formula is C16H18N2O5. The molecule has 1 N–H and O–H groups in total. The summed E-state index contributed by atoms with van der Waals surface area (Å²) in [5, 5.41) is 2.76. The van der Waals surface area contributed by atoms with Crippen LogP contribution in [0, 0.1) is 0 Å². The third-order valence-corrected chi connectivity index (χ3v) is 3.63. The summed E-state index contributed by atoms with van der Waals surface area (Å²) in [6.07, 6.45) is 0. The molecule has 7 nitrogen and oxygen atoms in total. The molecule has 0 radical (unpaired) electrons. The highest BCUT2D eigenvalue weighted by molar-refractivity contribution is 5.94. The quantitative estimate of drug-likeness (QED) is 0.678. The van der Waals surface area contributed by atoms with E-state index in [0.717, 1.165) is 0 Å². The summed E-state index contributed by atoms with van der Waals surface area (Å²) in [6.45, 7) is 3.00. The molecule has 1 atom stereocenters. The number of carbonyl (C=O) groups excluding carboxylic acids is 3. The van der Waals surface area contributed by atoms with Gasteiger partial charge in [-0.25, -0.2) is 9.59 Å². The van der Waals surface area contributed by atoms with Gasteiger partial charge in [-0.3, -0.25) is 4.79 Å². The predicted molar refractivity (Wildman–Crippen MR) is 81.5 cm³/mol. The van der Waals surface area contributed by atoms with E-state index in [-0.39, 0.29) is 6.03 Å². The minimum absolute atomic E-state index is 0.316. The van der Waals surface area contributed by atoms with E-state index >= 15 is 0 Å². The highest BCUT2D eigenvalue weighted by Crippen LogP contribution is 2.31. The second-order valence-corrected chi connectivity index (χ2v) is 5.09. The first kappa shape index (κ1) is 16.5. The van der Waals surface area contributed by atoms with Gasteiger partial charge in [-0.2, -0.15) is 0 Å². The van der Waals surface area contributed by atoms with Crippen LogP contribution in [0.4, 0.5) is 4.79 Å². The number of carbonyl (C=O) groups is 3. The molecule has 0 fully saturated rings. The maximum atomic E-state index is 12.1. The minimum Gasteiger partial charge on any atom is -0.466 e. The van der Waals surface area contributed by atoms with E-state index in [1.807, 2.05) is 0 Å². The molecule has 1 aliphatic rings. The summed E-state index contributed by atoms with van der Waals surface area (Å²) < 4.78 is 9.80. The van der Waals surface area contributed by atoms with Crippen molar-refractivity contribution < 1.29 is 23.9 Å². The number of nitrogens with zero attached hydrogens (tertiary/aromatic N) is 1. The van der Waals surface area contributed by atoms with Crippen molar-refractivity contribution in [2.45, 2.75) is 19.9 Å². The highest BCUT2D eigenvalue weighted by Gasteiger charge is 2.34. The number of nitrogens with one attached hydrogen (secondary N) is 1. The number of methoxy groups -OCH3 is 1. The summed E-state index contributed by atoms with van der Waals surface area (Å²) in [4.78, 5) is 36.4. The lowest BCUT2D eigenvalue weighted by molar-refractivity contribution is -0.136. The molecule has 1 aromatic carbocycles. The Morgan fingerprint density at radius 1 is 1.22 bits per heavy atom. The van der Waals surface area contributed by atoms with Crippen molar-refractivity contribution in [1.29, 1.82) is 0 Å². The van der Waals surface area contributed by atoms with Crippen LogP contribution in [0.2, 0.25) is 0 Å². The van der Waals surface area contributed by atoms with Crippen LogP contribution in [0.15, 0.2) is 35.5 Å². The zero-order valence-corrected chi connectivity index (χ0v) is 13.4. The van der Waals surface area contributed by atoms with Gasteiger partial charge in [0, 0.05) is 19.7 Å². The molecule has 23 heavy (non-hydrogen) atoms. The van der Waals surface area contributed by atoms with Gasteiger partial charge in [-0.1, -0.05) is 12.1 Å². The van der Waals surface area contributed by atoms with Gasteiger partial charge in [-0.15, -0.1) is 0 Å². The first-order chi connectivity index (χ1) is 10.8. The van der Waals surface area contributed by atoms with Crippen molar-refractivity contribution in [3.8, 4) is 5.75 Å². The van der Waals surface area contributed by atoms with Crippen molar-refractivity contribution >= 4 is 18.0 Å². The van der Waals surface area contributed by atoms with E-state index in [9.17, 15) is 14.4 Å². The number of benzene rings is 1. The lowest BCUT2D eigenvalue weighted by atomic mass is 9.95. The van der Waals surface area contributed by atoms with E-state index in [4.69, 9.17) is 9.47 Å². The Kier molecular flexibility index (Phi) is 4.68. The summed E-state index contributed by atoms with van der Waals surface area (Å²) in [5.74, 6) is -0.541. The third kappa shape index (κ3) is 3.33. The summed E-state index contributed by atoms with van der Waals surface area (Å²) in [5.41, 5.74) is 1.56. The molecule has 122 valence electrons. The number of ether oxygens (including phenoxy) is 2. The summed E-state index contributed by atoms with van der Waals surface area (Å²) in [6, 6.07) is 5.63. The van der Waals surface area contributed by atoms with Crippen LogP contribution in [-0.4, -0.2) is 37.0 Å². The molecule has 1 unspecified atom stereocenters. The SMILES string of the molecule is COC(=O)C1=C(C)N(C)C(=O)NC1c1ccc(OC(C)=O)cc1. The number of urea groups is 1. The first-order valence-electron chi connectivity index (χ1n) is 6.96. The smallest absolute Gasteiger partial charge is 0.337 e. The monoisotopic (exact) mass is 318 g/mol. The first-order valence-corrected chi connectivity index (χ1v) is 6.96. The fourth-order valence-corrected chi connectivity index (χ4v) is 2.35.